The monoisotopic (exact) mass is 476 g/mol. The van der Waals surface area contributed by atoms with Crippen LogP contribution in [0.15, 0.2) is 24.3 Å². The average molecular weight is 477 g/mol. The largest absolute Gasteiger partial charge is 0.497 e. The van der Waals surface area contributed by atoms with Crippen LogP contribution in [0.5, 0.6) is 5.75 Å². The van der Waals surface area contributed by atoms with Crippen LogP contribution < -0.4 is 4.74 Å². The summed E-state index contributed by atoms with van der Waals surface area (Å²) in [7, 11) is 1.62. The molecule has 0 amide bonds. The van der Waals surface area contributed by atoms with E-state index in [1.807, 2.05) is 31.2 Å². The first kappa shape index (κ1) is 24.0. The van der Waals surface area contributed by atoms with Crippen molar-refractivity contribution in [2.75, 3.05) is 7.11 Å². The molecule has 4 saturated heterocycles. The van der Waals surface area contributed by atoms with Gasteiger partial charge in [-0.2, -0.15) is 0 Å². The fourth-order valence-electron chi connectivity index (χ4n) is 6.58. The maximum absolute atomic E-state index is 11.4. The summed E-state index contributed by atoms with van der Waals surface area (Å²) in [4.78, 5) is 23.4. The van der Waals surface area contributed by atoms with Crippen LogP contribution in [0, 0.1) is 23.7 Å². The van der Waals surface area contributed by atoms with Crippen molar-refractivity contribution in [1.82, 2.24) is 0 Å². The lowest BCUT2D eigenvalue weighted by Gasteiger charge is -2.60. The van der Waals surface area contributed by atoms with Crippen LogP contribution in [0.3, 0.4) is 0 Å². The summed E-state index contributed by atoms with van der Waals surface area (Å²) in [6.45, 7) is 6.33. The Morgan fingerprint density at radius 3 is 2.62 bits per heavy atom. The normalized spacial score (nSPS) is 41.9. The summed E-state index contributed by atoms with van der Waals surface area (Å²) in [6.07, 6.45) is 2.57. The number of aliphatic carboxylic acids is 1. The molecule has 1 saturated carbocycles. The lowest BCUT2D eigenvalue weighted by atomic mass is 9.58. The minimum absolute atomic E-state index is 0.000295. The Bertz CT molecular complexity index is 889. The Balaban J connectivity index is 1.43. The van der Waals surface area contributed by atoms with Gasteiger partial charge >= 0.3 is 5.97 Å². The van der Waals surface area contributed by atoms with Gasteiger partial charge in [-0.1, -0.05) is 26.0 Å². The summed E-state index contributed by atoms with van der Waals surface area (Å²) in [5.41, 5.74) is 0.243. The van der Waals surface area contributed by atoms with E-state index in [0.717, 1.165) is 37.0 Å². The molecule has 0 radical (unpaired) electrons. The number of rotatable bonds is 7. The molecule has 0 unspecified atom stereocenters. The maximum Gasteiger partial charge on any atom is 0.303 e. The van der Waals surface area contributed by atoms with Crippen LogP contribution in [0.1, 0.15) is 71.0 Å². The number of methoxy groups -OCH3 is 1. The number of carboxylic acid groups (broad SMARTS) is 1. The van der Waals surface area contributed by atoms with E-state index in [9.17, 15) is 9.90 Å². The molecule has 1 aromatic carbocycles. The number of carbonyl (C=O) groups is 1. The van der Waals surface area contributed by atoms with Crippen molar-refractivity contribution in [2.45, 2.75) is 89.4 Å². The molecular formula is C26H36O8. The molecule has 2 bridgehead atoms. The van der Waals surface area contributed by atoms with Gasteiger partial charge in [-0.05, 0) is 62.1 Å². The second kappa shape index (κ2) is 9.06. The molecule has 1 aliphatic carbocycles. The van der Waals surface area contributed by atoms with Gasteiger partial charge in [-0.25, -0.2) is 9.78 Å². The van der Waals surface area contributed by atoms with Crippen LogP contribution in [0.2, 0.25) is 0 Å². The predicted molar refractivity (Wildman–Crippen MR) is 121 cm³/mol. The van der Waals surface area contributed by atoms with Gasteiger partial charge in [0.2, 0.25) is 5.79 Å². The van der Waals surface area contributed by atoms with Crippen molar-refractivity contribution >= 4 is 5.97 Å². The van der Waals surface area contributed by atoms with Crippen molar-refractivity contribution < 1.29 is 38.6 Å². The quantitative estimate of drug-likeness (QED) is 0.560. The molecule has 5 aliphatic rings. The predicted octanol–water partition coefficient (Wildman–Crippen LogP) is 4.83. The summed E-state index contributed by atoms with van der Waals surface area (Å²) < 4.78 is 24.8. The molecule has 0 aromatic heterocycles. The van der Waals surface area contributed by atoms with E-state index in [2.05, 4.69) is 13.8 Å². The number of hydrogen-bond acceptors (Lipinski definition) is 7. The van der Waals surface area contributed by atoms with Gasteiger partial charge in [0.1, 0.15) is 5.75 Å². The van der Waals surface area contributed by atoms with E-state index < -0.39 is 36.0 Å². The molecular weight excluding hydrogens is 440 g/mol. The third-order valence-corrected chi connectivity index (χ3v) is 8.50. The number of ether oxygens (including phenoxy) is 4. The summed E-state index contributed by atoms with van der Waals surface area (Å²) in [5, 5.41) is 9.32. The summed E-state index contributed by atoms with van der Waals surface area (Å²) in [5.74, 6) is -0.0223. The lowest BCUT2D eigenvalue weighted by molar-refractivity contribution is -0.578. The molecule has 8 heteroatoms. The van der Waals surface area contributed by atoms with E-state index in [-0.39, 0.29) is 24.2 Å². The second-order valence-corrected chi connectivity index (χ2v) is 10.6. The van der Waals surface area contributed by atoms with Crippen LogP contribution in [0.25, 0.3) is 0 Å². The van der Waals surface area contributed by atoms with Crippen LogP contribution in [0.4, 0.5) is 0 Å². The Kier molecular flexibility index (Phi) is 6.40. The molecule has 188 valence electrons. The Labute approximate surface area is 200 Å². The van der Waals surface area contributed by atoms with Gasteiger partial charge in [0.25, 0.3) is 0 Å². The highest BCUT2D eigenvalue weighted by molar-refractivity contribution is 5.66. The highest BCUT2D eigenvalue weighted by Gasteiger charge is 2.69. The van der Waals surface area contributed by atoms with Crippen molar-refractivity contribution in [3.63, 3.8) is 0 Å². The topological polar surface area (TPSA) is 92.7 Å². The van der Waals surface area contributed by atoms with E-state index in [1.54, 1.807) is 7.11 Å². The molecule has 4 aliphatic heterocycles. The molecule has 8 nitrogen and oxygen atoms in total. The number of benzene rings is 1. The molecule has 1 N–H and O–H groups in total. The Hall–Kier alpha value is -1.71. The zero-order valence-electron chi connectivity index (χ0n) is 20.4. The molecule has 9 atom stereocenters. The molecule has 6 rings (SSSR count). The Morgan fingerprint density at radius 1 is 1.15 bits per heavy atom. The summed E-state index contributed by atoms with van der Waals surface area (Å²) >= 11 is 0. The molecule has 1 spiro atoms. The van der Waals surface area contributed by atoms with E-state index >= 15 is 0 Å². The van der Waals surface area contributed by atoms with E-state index in [4.69, 9.17) is 28.7 Å². The van der Waals surface area contributed by atoms with Crippen LogP contribution in [-0.2, 0) is 28.8 Å². The molecule has 4 heterocycles. The number of carboxylic acids is 1. The zero-order chi connectivity index (χ0) is 24.1. The maximum atomic E-state index is 11.4. The number of fused-ring (bicyclic) bond motifs is 2. The van der Waals surface area contributed by atoms with E-state index in [1.165, 1.54) is 0 Å². The molecule has 34 heavy (non-hydrogen) atoms. The average Bonchev–Trinajstić information content (AvgIpc) is 3.05. The van der Waals surface area contributed by atoms with Gasteiger partial charge in [0, 0.05) is 24.7 Å². The zero-order valence-corrected chi connectivity index (χ0v) is 20.4. The van der Waals surface area contributed by atoms with Gasteiger partial charge in [0.05, 0.1) is 13.2 Å². The fraction of sp³-hybridized carbons (Fsp3) is 0.731. The second-order valence-electron chi connectivity index (χ2n) is 10.6. The first-order chi connectivity index (χ1) is 16.3. The molecule has 1 aromatic rings. The lowest BCUT2D eigenvalue weighted by Crippen LogP contribution is -2.70. The third kappa shape index (κ3) is 4.03. The van der Waals surface area contributed by atoms with Crippen LogP contribution >= 0.6 is 0 Å². The smallest absolute Gasteiger partial charge is 0.303 e. The standard InChI is InChI=1S/C26H36O8/c1-15-5-10-20-16(2)23(31-24-26(20)19(15)13-14-25(3,32-24)33-34-26)30-21(11-12-22(27)28)17-6-8-18(29-4)9-7-17/h6-9,15-16,19-21,23-24H,5,10-14H2,1-4H3,(H,27,28)/t15-,16-,19+,20+,21+,23-,24-,25-,26-/m1/s1. The minimum atomic E-state index is -0.856. The Morgan fingerprint density at radius 2 is 1.91 bits per heavy atom. The van der Waals surface area contributed by atoms with Crippen molar-refractivity contribution in [3.05, 3.63) is 29.8 Å². The first-order valence-corrected chi connectivity index (χ1v) is 12.5. The van der Waals surface area contributed by atoms with Crippen molar-refractivity contribution in [2.24, 2.45) is 23.7 Å². The van der Waals surface area contributed by atoms with Crippen molar-refractivity contribution in [3.8, 4) is 5.75 Å². The SMILES string of the molecule is COc1ccc([C@H](CCC(=O)O)O[C@@H]2O[C@@H]3O[C@@]4(C)CC[C@H]5[C@H](C)CC[C@@H]([C@H]2C)[C@@]35OO4)cc1. The first-order valence-electron chi connectivity index (χ1n) is 12.5. The number of hydrogen-bond donors (Lipinski definition) is 1. The highest BCUT2D eigenvalue weighted by atomic mass is 17.3. The van der Waals surface area contributed by atoms with Crippen molar-refractivity contribution in [1.29, 1.82) is 0 Å². The molecule has 5 fully saturated rings. The van der Waals surface area contributed by atoms with Crippen LogP contribution in [-0.4, -0.2) is 42.2 Å². The fourth-order valence-corrected chi connectivity index (χ4v) is 6.58. The van der Waals surface area contributed by atoms with Gasteiger partial charge in [-0.3, -0.25) is 4.79 Å². The highest BCUT2D eigenvalue weighted by Crippen LogP contribution is 2.60. The van der Waals surface area contributed by atoms with Gasteiger partial charge < -0.3 is 24.1 Å². The van der Waals surface area contributed by atoms with Gasteiger partial charge in [0.15, 0.2) is 18.2 Å². The third-order valence-electron chi connectivity index (χ3n) is 8.50. The van der Waals surface area contributed by atoms with Gasteiger partial charge in [-0.15, -0.1) is 0 Å². The minimum Gasteiger partial charge on any atom is -0.497 e. The summed E-state index contributed by atoms with van der Waals surface area (Å²) in [6, 6.07) is 7.56. The van der Waals surface area contributed by atoms with E-state index in [0.29, 0.717) is 12.3 Å².